The smallest absolute Gasteiger partial charge is 0.131 e. The van der Waals surface area contributed by atoms with Crippen LogP contribution in [-0.2, 0) is 4.74 Å². The van der Waals surface area contributed by atoms with E-state index in [1.165, 1.54) is 5.69 Å². The number of nitrogens with zero attached hydrogens (tertiary/aromatic N) is 2. The van der Waals surface area contributed by atoms with E-state index < -0.39 is 0 Å². The van der Waals surface area contributed by atoms with E-state index in [2.05, 4.69) is 39.2 Å². The van der Waals surface area contributed by atoms with Gasteiger partial charge in [0.1, 0.15) is 5.15 Å². The predicted molar refractivity (Wildman–Crippen MR) is 109 cm³/mol. The normalized spacial score (nSPS) is 15.0. The number of rotatable bonds is 5. The summed E-state index contributed by atoms with van der Waals surface area (Å²) in [5, 5.41) is 12.8. The lowest BCUT2D eigenvalue weighted by atomic mass is 10.1. The summed E-state index contributed by atoms with van der Waals surface area (Å²) in [4.78, 5) is 6.45. The number of halogens is 1. The molecule has 0 radical (unpaired) electrons. The topological polar surface area (TPSA) is 57.6 Å². The van der Waals surface area contributed by atoms with Crippen LogP contribution < -0.4 is 10.2 Å². The van der Waals surface area contributed by atoms with Gasteiger partial charge in [-0.1, -0.05) is 23.4 Å². The zero-order valence-electron chi connectivity index (χ0n) is 15.4. The molecule has 0 unspecified atom stereocenters. The SMILES string of the molecule is C[C@@H](CCO)Nc1cc(Cl)ncc1C#Cc1ccc(N2CCOCC2)cc1. The molecule has 1 saturated heterocycles. The molecule has 27 heavy (non-hydrogen) atoms. The Morgan fingerprint density at radius 3 is 2.70 bits per heavy atom. The molecular weight excluding hydrogens is 362 g/mol. The molecular formula is C21H24ClN3O2. The molecule has 142 valence electrons. The van der Waals surface area contributed by atoms with Crippen LogP contribution in [0.5, 0.6) is 0 Å². The maximum Gasteiger partial charge on any atom is 0.131 e. The van der Waals surface area contributed by atoms with E-state index in [0.717, 1.165) is 43.1 Å². The molecule has 1 fully saturated rings. The minimum Gasteiger partial charge on any atom is -0.396 e. The molecule has 6 heteroatoms. The highest BCUT2D eigenvalue weighted by molar-refractivity contribution is 6.29. The third kappa shape index (κ3) is 5.61. The molecule has 1 aliphatic heterocycles. The number of ether oxygens (including phenoxy) is 1. The summed E-state index contributed by atoms with van der Waals surface area (Å²) in [6.07, 6.45) is 2.32. The first-order valence-electron chi connectivity index (χ1n) is 9.13. The summed E-state index contributed by atoms with van der Waals surface area (Å²) < 4.78 is 5.40. The minimum atomic E-state index is 0.113. The van der Waals surface area contributed by atoms with E-state index in [-0.39, 0.29) is 12.6 Å². The molecule has 2 N–H and O–H groups in total. The molecule has 0 amide bonds. The van der Waals surface area contributed by atoms with E-state index in [1.807, 2.05) is 19.1 Å². The van der Waals surface area contributed by atoms with Crippen molar-refractivity contribution in [2.45, 2.75) is 19.4 Å². The second-order valence-corrected chi connectivity index (χ2v) is 6.89. The Bertz CT molecular complexity index is 808. The van der Waals surface area contributed by atoms with Crippen molar-refractivity contribution in [3.05, 3.63) is 52.8 Å². The molecule has 3 rings (SSSR count). The lowest BCUT2D eigenvalue weighted by Crippen LogP contribution is -2.36. The summed E-state index contributed by atoms with van der Waals surface area (Å²) >= 11 is 6.02. The van der Waals surface area contributed by atoms with Crippen molar-refractivity contribution < 1.29 is 9.84 Å². The van der Waals surface area contributed by atoms with Crippen molar-refractivity contribution in [1.29, 1.82) is 0 Å². The third-order valence-corrected chi connectivity index (χ3v) is 4.63. The summed E-state index contributed by atoms with van der Waals surface area (Å²) in [6, 6.07) is 10.1. The molecule has 2 aromatic rings. The lowest BCUT2D eigenvalue weighted by molar-refractivity contribution is 0.122. The van der Waals surface area contributed by atoms with Crippen LogP contribution in [0.2, 0.25) is 5.15 Å². The number of aliphatic hydroxyl groups excluding tert-OH is 1. The van der Waals surface area contributed by atoms with Gasteiger partial charge in [-0.25, -0.2) is 4.98 Å². The van der Waals surface area contributed by atoms with Gasteiger partial charge in [0.25, 0.3) is 0 Å². The number of morpholine rings is 1. The summed E-state index contributed by atoms with van der Waals surface area (Å²) in [5.74, 6) is 6.36. The van der Waals surface area contributed by atoms with Crippen LogP contribution in [0.4, 0.5) is 11.4 Å². The molecule has 2 heterocycles. The molecule has 0 saturated carbocycles. The van der Waals surface area contributed by atoms with Gasteiger partial charge in [-0.2, -0.15) is 0 Å². The van der Waals surface area contributed by atoms with Crippen LogP contribution in [0.3, 0.4) is 0 Å². The first-order valence-corrected chi connectivity index (χ1v) is 9.51. The number of aromatic nitrogens is 1. The average molecular weight is 386 g/mol. The fraction of sp³-hybridized carbons (Fsp3) is 0.381. The Balaban J connectivity index is 1.74. The Morgan fingerprint density at radius 2 is 2.00 bits per heavy atom. The van der Waals surface area contributed by atoms with Crippen molar-refractivity contribution in [3.63, 3.8) is 0 Å². The highest BCUT2D eigenvalue weighted by Gasteiger charge is 2.10. The number of hydrogen-bond donors (Lipinski definition) is 2. The summed E-state index contributed by atoms with van der Waals surface area (Å²) in [5.41, 5.74) is 3.74. The van der Waals surface area contributed by atoms with Gasteiger partial charge < -0.3 is 20.1 Å². The standard InChI is InChI=1S/C21H24ClN3O2/c1-16(8-11-26)24-20-14-21(22)23-15-18(20)5-2-17-3-6-19(7-4-17)25-9-12-27-13-10-25/h3-4,6-7,14-16,26H,8-13H2,1H3,(H,23,24)/t16-/m0/s1. The Hall–Kier alpha value is -2.26. The van der Waals surface area contributed by atoms with Crippen LogP contribution >= 0.6 is 11.6 Å². The van der Waals surface area contributed by atoms with Crippen LogP contribution in [0.1, 0.15) is 24.5 Å². The zero-order valence-corrected chi connectivity index (χ0v) is 16.2. The van der Waals surface area contributed by atoms with Crippen LogP contribution in [0.25, 0.3) is 0 Å². The fourth-order valence-corrected chi connectivity index (χ4v) is 3.05. The largest absolute Gasteiger partial charge is 0.396 e. The van der Waals surface area contributed by atoms with Crippen molar-refractivity contribution in [2.75, 3.05) is 43.1 Å². The van der Waals surface area contributed by atoms with E-state index in [1.54, 1.807) is 12.3 Å². The van der Waals surface area contributed by atoms with E-state index >= 15 is 0 Å². The Morgan fingerprint density at radius 1 is 1.26 bits per heavy atom. The maximum atomic E-state index is 9.09. The Kier molecular flexibility index (Phi) is 6.94. The number of hydrogen-bond acceptors (Lipinski definition) is 5. The molecule has 5 nitrogen and oxygen atoms in total. The minimum absolute atomic E-state index is 0.113. The third-order valence-electron chi connectivity index (χ3n) is 4.42. The number of aliphatic hydroxyl groups is 1. The second-order valence-electron chi connectivity index (χ2n) is 6.51. The van der Waals surface area contributed by atoms with Gasteiger partial charge in [0, 0.05) is 43.2 Å². The Labute approximate surface area is 165 Å². The summed E-state index contributed by atoms with van der Waals surface area (Å²) in [7, 11) is 0. The molecule has 1 aliphatic rings. The highest BCUT2D eigenvalue weighted by atomic mass is 35.5. The van der Waals surface area contributed by atoms with Crippen molar-refractivity contribution in [1.82, 2.24) is 4.98 Å². The number of anilines is 2. The van der Waals surface area contributed by atoms with Gasteiger partial charge >= 0.3 is 0 Å². The zero-order chi connectivity index (χ0) is 19.1. The highest BCUT2D eigenvalue weighted by Crippen LogP contribution is 2.20. The lowest BCUT2D eigenvalue weighted by Gasteiger charge is -2.28. The van der Waals surface area contributed by atoms with Gasteiger partial charge in [-0.15, -0.1) is 0 Å². The predicted octanol–water partition coefficient (Wildman–Crippen LogP) is 3.15. The van der Waals surface area contributed by atoms with E-state index in [9.17, 15) is 0 Å². The van der Waals surface area contributed by atoms with Crippen LogP contribution in [-0.4, -0.2) is 49.0 Å². The summed E-state index contributed by atoms with van der Waals surface area (Å²) in [6.45, 7) is 5.52. The molecule has 1 aromatic heterocycles. The number of benzene rings is 1. The van der Waals surface area contributed by atoms with E-state index in [0.29, 0.717) is 11.6 Å². The fourth-order valence-electron chi connectivity index (χ4n) is 2.90. The molecule has 0 aliphatic carbocycles. The average Bonchev–Trinajstić information content (AvgIpc) is 2.69. The van der Waals surface area contributed by atoms with Gasteiger partial charge in [0.05, 0.1) is 24.5 Å². The molecule has 1 aromatic carbocycles. The van der Waals surface area contributed by atoms with Crippen molar-refractivity contribution in [3.8, 4) is 11.8 Å². The maximum absolute atomic E-state index is 9.09. The number of pyridine rings is 1. The van der Waals surface area contributed by atoms with E-state index in [4.69, 9.17) is 21.4 Å². The van der Waals surface area contributed by atoms with Crippen LogP contribution in [0.15, 0.2) is 36.5 Å². The van der Waals surface area contributed by atoms with Gasteiger partial charge in [0.2, 0.25) is 0 Å². The van der Waals surface area contributed by atoms with Gasteiger partial charge in [0.15, 0.2) is 0 Å². The van der Waals surface area contributed by atoms with Crippen molar-refractivity contribution in [2.24, 2.45) is 0 Å². The first kappa shape index (κ1) is 19.5. The molecule has 1 atom stereocenters. The quantitative estimate of drug-likeness (QED) is 0.611. The monoisotopic (exact) mass is 385 g/mol. The molecule has 0 spiro atoms. The van der Waals surface area contributed by atoms with Crippen molar-refractivity contribution >= 4 is 23.0 Å². The first-order chi connectivity index (χ1) is 13.2. The van der Waals surface area contributed by atoms with Gasteiger partial charge in [-0.3, -0.25) is 0 Å². The number of nitrogens with one attached hydrogen (secondary N) is 1. The second kappa shape index (κ2) is 9.61. The molecule has 0 bridgehead atoms. The van der Waals surface area contributed by atoms with Crippen LogP contribution in [0, 0.1) is 11.8 Å². The van der Waals surface area contributed by atoms with Gasteiger partial charge in [-0.05, 0) is 43.7 Å².